The van der Waals surface area contributed by atoms with Crippen molar-refractivity contribution < 1.29 is 13.2 Å². The molecular weight excluding hydrogens is 482 g/mol. The summed E-state index contributed by atoms with van der Waals surface area (Å²) in [6.07, 6.45) is 8.85. The third kappa shape index (κ3) is 7.42. The highest BCUT2D eigenvalue weighted by Crippen LogP contribution is 2.24. The molecule has 0 radical (unpaired) electrons. The third-order valence-electron chi connectivity index (χ3n) is 5.93. The van der Waals surface area contributed by atoms with E-state index in [1.54, 1.807) is 18.2 Å². The van der Waals surface area contributed by atoms with Crippen LogP contribution in [0.1, 0.15) is 79.7 Å². The first kappa shape index (κ1) is 27.0. The maximum absolute atomic E-state index is 12.7. The quantitative estimate of drug-likeness (QED) is 0.277. The van der Waals surface area contributed by atoms with Crippen molar-refractivity contribution >= 4 is 38.6 Å². The molecule has 0 bridgehead atoms. The Balaban J connectivity index is 1.81. The van der Waals surface area contributed by atoms with Crippen molar-refractivity contribution in [1.29, 1.82) is 0 Å². The van der Waals surface area contributed by atoms with Gasteiger partial charge in [0.1, 0.15) is 5.82 Å². The van der Waals surface area contributed by atoms with Crippen molar-refractivity contribution in [3.8, 4) is 0 Å². The molecule has 3 aromatic rings. The normalized spacial score (nSPS) is 12.0. The van der Waals surface area contributed by atoms with Crippen LogP contribution in [0.25, 0.3) is 11.0 Å². The van der Waals surface area contributed by atoms with Crippen LogP contribution in [-0.2, 0) is 23.0 Å². The van der Waals surface area contributed by atoms with E-state index in [1.165, 1.54) is 30.9 Å². The molecule has 1 aromatic heterocycles. The number of aryl methyl sites for hydroxylation is 2. The monoisotopic (exact) mass is 515 g/mol. The van der Waals surface area contributed by atoms with Gasteiger partial charge in [-0.15, -0.1) is 0 Å². The van der Waals surface area contributed by atoms with Crippen LogP contribution in [0.4, 0.5) is 0 Å². The summed E-state index contributed by atoms with van der Waals surface area (Å²) < 4.78 is 28.5. The van der Waals surface area contributed by atoms with E-state index in [1.807, 2.05) is 24.5 Å². The highest BCUT2D eigenvalue weighted by Gasteiger charge is 2.16. The molecule has 1 N–H and O–H groups in total. The molecule has 0 fully saturated rings. The first-order valence-electron chi connectivity index (χ1n) is 12.2. The number of amides is 1. The molecular formula is C27H34ClN3O3S. The minimum atomic E-state index is -3.85. The van der Waals surface area contributed by atoms with Gasteiger partial charge in [-0.2, -0.15) is 0 Å². The second-order valence-electron chi connectivity index (χ2n) is 8.82. The number of hydrogen-bond donors (Lipinski definition) is 1. The van der Waals surface area contributed by atoms with Gasteiger partial charge in [-0.05, 0) is 61.6 Å². The summed E-state index contributed by atoms with van der Waals surface area (Å²) in [5.41, 5.74) is 3.92. The number of aromatic nitrogens is 2. The van der Waals surface area contributed by atoms with Crippen LogP contribution in [0, 0.1) is 6.92 Å². The number of halogens is 1. The lowest BCUT2D eigenvalue weighted by molar-refractivity contribution is 0.0982. The van der Waals surface area contributed by atoms with E-state index >= 15 is 0 Å². The second-order valence-corrected chi connectivity index (χ2v) is 10.8. The molecule has 0 spiro atoms. The Morgan fingerprint density at radius 1 is 1.09 bits per heavy atom. The molecule has 0 aliphatic carbocycles. The fourth-order valence-corrected chi connectivity index (χ4v) is 5.06. The summed E-state index contributed by atoms with van der Waals surface area (Å²) in [6.45, 7) is 6.56. The number of fused-ring (bicyclic) bond motifs is 1. The average Bonchev–Trinajstić information content (AvgIpc) is 3.12. The number of nitrogens with zero attached hydrogens (tertiary/aromatic N) is 2. The summed E-state index contributed by atoms with van der Waals surface area (Å²) in [6, 6.07) is 11.2. The van der Waals surface area contributed by atoms with Crippen molar-refractivity contribution in [2.45, 2.75) is 72.3 Å². The van der Waals surface area contributed by atoms with Gasteiger partial charge in [-0.25, -0.2) is 18.1 Å². The third-order valence-corrected chi connectivity index (χ3v) is 7.30. The molecule has 3 rings (SSSR count). The van der Waals surface area contributed by atoms with E-state index in [2.05, 4.69) is 28.8 Å². The van der Waals surface area contributed by atoms with Crippen molar-refractivity contribution in [2.24, 2.45) is 0 Å². The Kier molecular flexibility index (Phi) is 9.52. The maximum Gasteiger partial charge on any atom is 0.265 e. The number of rotatable bonds is 12. The molecule has 188 valence electrons. The van der Waals surface area contributed by atoms with Crippen LogP contribution in [0.15, 0.2) is 47.9 Å². The van der Waals surface area contributed by atoms with Gasteiger partial charge < -0.3 is 4.57 Å². The highest BCUT2D eigenvalue weighted by molar-refractivity contribution is 7.92. The Hall–Kier alpha value is -2.64. The van der Waals surface area contributed by atoms with Gasteiger partial charge in [0.25, 0.3) is 15.9 Å². The van der Waals surface area contributed by atoms with Gasteiger partial charge >= 0.3 is 0 Å². The molecule has 0 unspecified atom stereocenters. The lowest BCUT2D eigenvalue weighted by Gasteiger charge is -2.11. The molecule has 8 heteroatoms. The lowest BCUT2D eigenvalue weighted by atomic mass is 10.0. The zero-order chi connectivity index (χ0) is 25.4. The fraction of sp³-hybridized carbons (Fsp3) is 0.407. The van der Waals surface area contributed by atoms with Crippen LogP contribution in [-0.4, -0.2) is 23.9 Å². The van der Waals surface area contributed by atoms with Gasteiger partial charge in [0.15, 0.2) is 0 Å². The molecule has 1 heterocycles. The number of imidazole rings is 1. The molecule has 35 heavy (non-hydrogen) atoms. The summed E-state index contributed by atoms with van der Waals surface area (Å²) >= 11 is 6.63. The van der Waals surface area contributed by atoms with Gasteiger partial charge in [0.2, 0.25) is 0 Å². The van der Waals surface area contributed by atoms with Crippen LogP contribution in [0.2, 0.25) is 5.02 Å². The molecule has 0 aliphatic heterocycles. The fourth-order valence-electron chi connectivity index (χ4n) is 3.97. The van der Waals surface area contributed by atoms with Gasteiger partial charge in [-0.3, -0.25) is 4.79 Å². The van der Waals surface area contributed by atoms with E-state index in [0.29, 0.717) is 18.0 Å². The van der Waals surface area contributed by atoms with Crippen molar-refractivity contribution in [3.63, 3.8) is 0 Å². The molecule has 1 amide bonds. The summed E-state index contributed by atoms with van der Waals surface area (Å²) in [5, 5.41) is 1.75. The number of unbranched alkanes of at least 4 members (excludes halogenated alkanes) is 4. The number of nitrogens with one attached hydrogen (secondary N) is 1. The molecule has 0 saturated carbocycles. The summed E-state index contributed by atoms with van der Waals surface area (Å²) in [4.78, 5) is 17.3. The SMILES string of the molecule is CCCC=CS(=O)(=O)NC(=O)c1ccc2nc(C)n(Cc3ccc(CCCCCC)cc3Cl)c2c1. The minimum absolute atomic E-state index is 0.250. The largest absolute Gasteiger partial charge is 0.324 e. The predicted molar refractivity (Wildman–Crippen MR) is 143 cm³/mol. The van der Waals surface area contributed by atoms with Crippen LogP contribution in [0.3, 0.4) is 0 Å². The number of benzene rings is 2. The first-order valence-corrected chi connectivity index (χ1v) is 14.1. The minimum Gasteiger partial charge on any atom is -0.324 e. The van der Waals surface area contributed by atoms with Gasteiger partial charge in [0.05, 0.1) is 17.6 Å². The zero-order valence-electron chi connectivity index (χ0n) is 20.7. The Bertz CT molecular complexity index is 1310. The van der Waals surface area contributed by atoms with Crippen LogP contribution >= 0.6 is 11.6 Å². The van der Waals surface area contributed by atoms with E-state index in [4.69, 9.17) is 11.6 Å². The Morgan fingerprint density at radius 3 is 2.60 bits per heavy atom. The number of carbonyl (C=O) groups excluding carboxylic acids is 1. The predicted octanol–water partition coefficient (Wildman–Crippen LogP) is 6.54. The van der Waals surface area contributed by atoms with E-state index < -0.39 is 15.9 Å². The lowest BCUT2D eigenvalue weighted by Crippen LogP contribution is -2.28. The maximum atomic E-state index is 12.7. The number of carbonyl (C=O) groups is 1. The number of allylic oxidation sites excluding steroid dienone is 1. The van der Waals surface area contributed by atoms with Crippen molar-refractivity contribution in [3.05, 3.63) is 75.4 Å². The topological polar surface area (TPSA) is 81.1 Å². The van der Waals surface area contributed by atoms with E-state index in [0.717, 1.165) is 47.1 Å². The smallest absolute Gasteiger partial charge is 0.265 e. The second kappa shape index (κ2) is 12.4. The molecule has 0 saturated heterocycles. The summed E-state index contributed by atoms with van der Waals surface area (Å²) in [5.74, 6) is 0.108. The van der Waals surface area contributed by atoms with E-state index in [-0.39, 0.29) is 5.56 Å². The molecule has 0 atom stereocenters. The molecule has 2 aromatic carbocycles. The van der Waals surface area contributed by atoms with Gasteiger partial charge in [0, 0.05) is 16.0 Å². The van der Waals surface area contributed by atoms with Crippen molar-refractivity contribution in [2.75, 3.05) is 0 Å². The Morgan fingerprint density at radius 2 is 1.89 bits per heavy atom. The Labute approximate surface area is 213 Å². The molecule has 6 nitrogen and oxygen atoms in total. The van der Waals surface area contributed by atoms with E-state index in [9.17, 15) is 13.2 Å². The molecule has 0 aliphatic rings. The van der Waals surface area contributed by atoms with Crippen LogP contribution < -0.4 is 4.72 Å². The standard InChI is InChI=1S/C27H34ClN3O3S/c1-4-6-8-9-11-21-12-13-23(24(28)17-21)19-31-20(3)29-25-15-14-22(18-26(25)31)27(32)30-35(33,34)16-10-7-5-2/h10,12-18H,4-9,11,19H2,1-3H3,(H,30,32). The first-order chi connectivity index (χ1) is 16.7. The van der Waals surface area contributed by atoms with Gasteiger partial charge in [-0.1, -0.05) is 69.3 Å². The average molecular weight is 516 g/mol. The van der Waals surface area contributed by atoms with Crippen LogP contribution in [0.5, 0.6) is 0 Å². The summed E-state index contributed by atoms with van der Waals surface area (Å²) in [7, 11) is -3.85. The number of sulfonamides is 1. The van der Waals surface area contributed by atoms with Crippen molar-refractivity contribution in [1.82, 2.24) is 14.3 Å². The number of hydrogen-bond acceptors (Lipinski definition) is 4. The highest BCUT2D eigenvalue weighted by atomic mass is 35.5. The zero-order valence-corrected chi connectivity index (χ0v) is 22.3.